The van der Waals surface area contributed by atoms with E-state index in [1.165, 1.54) is 0 Å². The van der Waals surface area contributed by atoms with Crippen molar-refractivity contribution in [1.82, 2.24) is 0 Å². The molecule has 2 aliphatic carbocycles. The molecule has 0 aliphatic heterocycles. The number of aliphatic hydroxyl groups excluding tert-OH is 8. The third-order valence-corrected chi connectivity index (χ3v) is 5.02. The van der Waals surface area contributed by atoms with E-state index in [2.05, 4.69) is 0 Å². The van der Waals surface area contributed by atoms with Crippen LogP contribution < -0.4 is 0 Å². The summed E-state index contributed by atoms with van der Waals surface area (Å²) >= 11 is 0. The Morgan fingerprint density at radius 1 is 0.565 bits per heavy atom. The van der Waals surface area contributed by atoms with Crippen molar-refractivity contribution < 1.29 is 45.6 Å². The van der Waals surface area contributed by atoms with Crippen molar-refractivity contribution in [2.24, 2.45) is 11.8 Å². The monoisotopic (exact) mass is 338 g/mol. The van der Waals surface area contributed by atoms with Crippen LogP contribution in [0.25, 0.3) is 0 Å². The molecule has 0 spiro atoms. The third kappa shape index (κ3) is 3.68. The lowest BCUT2D eigenvalue weighted by Gasteiger charge is -2.45. The van der Waals surface area contributed by atoms with E-state index in [0.29, 0.717) is 0 Å². The van der Waals surface area contributed by atoms with E-state index >= 15 is 0 Å². The third-order valence-electron chi connectivity index (χ3n) is 5.02. The smallest absolute Gasteiger partial charge is 0.109 e. The maximum Gasteiger partial charge on any atom is 0.109 e. The zero-order valence-electron chi connectivity index (χ0n) is 12.6. The highest BCUT2D eigenvalue weighted by Crippen LogP contribution is 2.33. The van der Waals surface area contributed by atoms with Crippen LogP contribution in [0.4, 0.5) is 0 Å². The first-order valence-electron chi connectivity index (χ1n) is 7.77. The Morgan fingerprint density at radius 3 is 1.22 bits per heavy atom. The lowest BCUT2D eigenvalue weighted by Crippen LogP contribution is -2.59. The van der Waals surface area contributed by atoms with Gasteiger partial charge in [0, 0.05) is 25.0 Å². The zero-order valence-corrected chi connectivity index (χ0v) is 12.6. The summed E-state index contributed by atoms with van der Waals surface area (Å²) in [6.07, 6.45) is -10.2. The first kappa shape index (κ1) is 19.0. The minimum Gasteiger partial charge on any atom is -0.396 e. The van der Waals surface area contributed by atoms with E-state index in [-0.39, 0.29) is 12.8 Å². The molecule has 0 aromatic rings. The summed E-state index contributed by atoms with van der Waals surface area (Å²) in [5, 5.41) is 77.7. The SMILES string of the molecule is OCC1C[C@@H](O[C@@H]2CC(CO)[C@@H](O)[C@H](O)C2O)C(O)C(O)[C@@H]1O. The molecule has 9 nitrogen and oxygen atoms in total. The van der Waals surface area contributed by atoms with Crippen molar-refractivity contribution in [3.8, 4) is 0 Å². The highest BCUT2D eigenvalue weighted by molar-refractivity contribution is 4.97. The summed E-state index contributed by atoms with van der Waals surface area (Å²) in [6, 6.07) is 0. The fourth-order valence-corrected chi connectivity index (χ4v) is 3.42. The van der Waals surface area contributed by atoms with Crippen LogP contribution in [0.15, 0.2) is 0 Å². The van der Waals surface area contributed by atoms with Crippen molar-refractivity contribution in [3.63, 3.8) is 0 Å². The number of rotatable bonds is 4. The number of ether oxygens (including phenoxy) is 1. The highest BCUT2D eigenvalue weighted by atomic mass is 16.5. The van der Waals surface area contributed by atoms with E-state index in [1.807, 2.05) is 0 Å². The molecule has 0 radical (unpaired) electrons. The van der Waals surface area contributed by atoms with Crippen LogP contribution in [0.5, 0.6) is 0 Å². The Bertz CT molecular complexity index is 343. The van der Waals surface area contributed by atoms with E-state index in [9.17, 15) is 40.9 Å². The van der Waals surface area contributed by atoms with Gasteiger partial charge in [-0.05, 0) is 12.8 Å². The van der Waals surface area contributed by atoms with Crippen molar-refractivity contribution in [2.75, 3.05) is 13.2 Å². The van der Waals surface area contributed by atoms with E-state index in [0.717, 1.165) is 0 Å². The highest BCUT2D eigenvalue weighted by Gasteiger charge is 2.48. The van der Waals surface area contributed by atoms with E-state index < -0.39 is 73.9 Å². The number of hydrogen-bond donors (Lipinski definition) is 8. The minimum atomic E-state index is -1.50. The van der Waals surface area contributed by atoms with Crippen LogP contribution in [-0.4, -0.2) is 103 Å². The molecule has 136 valence electrons. The summed E-state index contributed by atoms with van der Waals surface area (Å²) in [5.41, 5.74) is 0. The summed E-state index contributed by atoms with van der Waals surface area (Å²) in [6.45, 7) is -0.808. The molecule has 0 heterocycles. The summed E-state index contributed by atoms with van der Waals surface area (Å²) in [5.74, 6) is -1.38. The van der Waals surface area contributed by atoms with Gasteiger partial charge in [-0.3, -0.25) is 0 Å². The van der Waals surface area contributed by atoms with Gasteiger partial charge in [0.15, 0.2) is 0 Å². The largest absolute Gasteiger partial charge is 0.396 e. The molecule has 8 N–H and O–H groups in total. The normalized spacial score (nSPS) is 51.7. The van der Waals surface area contributed by atoms with Crippen LogP contribution in [-0.2, 0) is 4.74 Å². The predicted octanol–water partition coefficient (Wildman–Crippen LogP) is -4.07. The van der Waals surface area contributed by atoms with Crippen molar-refractivity contribution >= 4 is 0 Å². The van der Waals surface area contributed by atoms with E-state index in [1.54, 1.807) is 0 Å². The molecular weight excluding hydrogens is 312 g/mol. The van der Waals surface area contributed by atoms with Crippen LogP contribution in [0.2, 0.25) is 0 Å². The Morgan fingerprint density at radius 2 is 0.913 bits per heavy atom. The standard InChI is InChI=1S/C14H26O9/c15-3-5-1-7(11(19)13(21)9(5)17)23-8-2-6(4-16)10(18)14(22)12(8)20/h5-22H,1-4H2/t5?,6?,7-,8-,9-,10-,11?,12?,13+,14?/m1/s1. The van der Waals surface area contributed by atoms with Gasteiger partial charge in [-0.25, -0.2) is 0 Å². The van der Waals surface area contributed by atoms with Gasteiger partial charge in [0.1, 0.15) is 24.4 Å². The van der Waals surface area contributed by atoms with Gasteiger partial charge >= 0.3 is 0 Å². The first-order valence-corrected chi connectivity index (χ1v) is 7.77. The maximum atomic E-state index is 10.0. The molecule has 2 fully saturated rings. The molecule has 23 heavy (non-hydrogen) atoms. The summed E-state index contributed by atoms with van der Waals surface area (Å²) < 4.78 is 5.59. The van der Waals surface area contributed by atoms with Crippen molar-refractivity contribution in [2.45, 2.75) is 61.7 Å². The van der Waals surface area contributed by atoms with Gasteiger partial charge in [-0.2, -0.15) is 0 Å². The molecule has 0 aromatic carbocycles. The van der Waals surface area contributed by atoms with Gasteiger partial charge in [0.05, 0.1) is 24.4 Å². The predicted molar refractivity (Wildman–Crippen MR) is 75.1 cm³/mol. The second-order valence-electron chi connectivity index (χ2n) is 6.51. The van der Waals surface area contributed by atoms with Crippen LogP contribution in [0, 0.1) is 11.8 Å². The Balaban J connectivity index is 2.07. The second-order valence-corrected chi connectivity index (χ2v) is 6.51. The van der Waals surface area contributed by atoms with Crippen LogP contribution >= 0.6 is 0 Å². The van der Waals surface area contributed by atoms with Gasteiger partial charge in [-0.1, -0.05) is 0 Å². The fourth-order valence-electron chi connectivity index (χ4n) is 3.42. The molecule has 0 bridgehead atoms. The van der Waals surface area contributed by atoms with Crippen molar-refractivity contribution in [1.29, 1.82) is 0 Å². The molecule has 0 amide bonds. The Hall–Kier alpha value is -0.360. The number of aliphatic hydroxyl groups is 8. The van der Waals surface area contributed by atoms with Crippen LogP contribution in [0.3, 0.4) is 0 Å². The first-order chi connectivity index (χ1) is 10.8. The molecular formula is C14H26O9. The topological polar surface area (TPSA) is 171 Å². The average Bonchev–Trinajstić information content (AvgIpc) is 2.55. The summed E-state index contributed by atoms with van der Waals surface area (Å²) in [4.78, 5) is 0. The molecule has 10 atom stereocenters. The maximum absolute atomic E-state index is 10.0. The molecule has 9 heteroatoms. The van der Waals surface area contributed by atoms with E-state index in [4.69, 9.17) is 4.74 Å². The molecule has 2 saturated carbocycles. The Labute approximate surface area is 133 Å². The molecule has 0 saturated heterocycles. The fraction of sp³-hybridized carbons (Fsp3) is 1.00. The average molecular weight is 338 g/mol. The second kappa shape index (κ2) is 7.68. The van der Waals surface area contributed by atoms with Crippen molar-refractivity contribution in [3.05, 3.63) is 0 Å². The molecule has 2 rings (SSSR count). The molecule has 5 unspecified atom stereocenters. The quantitative estimate of drug-likeness (QED) is 0.254. The summed E-state index contributed by atoms with van der Waals surface area (Å²) in [7, 11) is 0. The molecule has 0 aromatic heterocycles. The Kier molecular flexibility index (Phi) is 6.34. The van der Waals surface area contributed by atoms with Gasteiger partial charge in [0.2, 0.25) is 0 Å². The lowest BCUT2D eigenvalue weighted by atomic mass is 9.79. The van der Waals surface area contributed by atoms with Gasteiger partial charge in [-0.15, -0.1) is 0 Å². The zero-order chi connectivity index (χ0) is 17.3. The molecule has 2 aliphatic rings. The number of hydrogen-bond acceptors (Lipinski definition) is 9. The van der Waals surface area contributed by atoms with Gasteiger partial charge < -0.3 is 45.6 Å². The van der Waals surface area contributed by atoms with Crippen LogP contribution in [0.1, 0.15) is 12.8 Å². The minimum absolute atomic E-state index is 0.0571. The van der Waals surface area contributed by atoms with Gasteiger partial charge in [0.25, 0.3) is 0 Å². The lowest BCUT2D eigenvalue weighted by molar-refractivity contribution is -0.231.